The number of nitrogens with one attached hydrogen (secondary N) is 1. The van der Waals surface area contributed by atoms with Crippen LogP contribution in [0, 0.1) is 0 Å². The SMILES string of the molecule is Cl.NCCCC(=O)NCc1cnn(Cc2ccccc2)c1. The van der Waals surface area contributed by atoms with Gasteiger partial charge in [0.1, 0.15) is 0 Å². The van der Waals surface area contributed by atoms with Crippen LogP contribution in [0.5, 0.6) is 0 Å². The number of aromatic nitrogens is 2. The topological polar surface area (TPSA) is 72.9 Å². The monoisotopic (exact) mass is 308 g/mol. The number of halogens is 1. The summed E-state index contributed by atoms with van der Waals surface area (Å²) in [7, 11) is 0. The number of benzene rings is 1. The Morgan fingerprint density at radius 3 is 2.71 bits per heavy atom. The summed E-state index contributed by atoms with van der Waals surface area (Å²) in [4.78, 5) is 11.5. The lowest BCUT2D eigenvalue weighted by atomic mass is 10.2. The molecule has 1 amide bonds. The molecular weight excluding hydrogens is 288 g/mol. The van der Waals surface area contributed by atoms with E-state index in [2.05, 4.69) is 22.5 Å². The van der Waals surface area contributed by atoms with Crippen molar-refractivity contribution in [3.8, 4) is 0 Å². The molecule has 1 aromatic heterocycles. The largest absolute Gasteiger partial charge is 0.352 e. The van der Waals surface area contributed by atoms with E-state index in [9.17, 15) is 4.79 Å². The zero-order chi connectivity index (χ0) is 14.2. The molecule has 3 N–H and O–H groups in total. The molecular formula is C15H21ClN4O. The molecule has 0 spiro atoms. The number of carbonyl (C=O) groups excluding carboxylic acids is 1. The number of amides is 1. The second-order valence-electron chi connectivity index (χ2n) is 4.70. The van der Waals surface area contributed by atoms with Crippen molar-refractivity contribution in [1.82, 2.24) is 15.1 Å². The van der Waals surface area contributed by atoms with Crippen molar-refractivity contribution in [2.75, 3.05) is 6.54 Å². The van der Waals surface area contributed by atoms with Gasteiger partial charge < -0.3 is 11.1 Å². The van der Waals surface area contributed by atoms with Gasteiger partial charge in [-0.2, -0.15) is 5.10 Å². The predicted octanol–water partition coefficient (Wildman–Crippen LogP) is 1.71. The van der Waals surface area contributed by atoms with Gasteiger partial charge in [-0.05, 0) is 18.5 Å². The van der Waals surface area contributed by atoms with E-state index in [1.807, 2.05) is 29.1 Å². The smallest absolute Gasteiger partial charge is 0.220 e. The van der Waals surface area contributed by atoms with Crippen LogP contribution in [0.4, 0.5) is 0 Å². The molecule has 0 fully saturated rings. The second kappa shape index (κ2) is 9.15. The lowest BCUT2D eigenvalue weighted by Gasteiger charge is -2.03. The standard InChI is InChI=1S/C15H20N4O.ClH/c16-8-4-7-15(20)17-9-14-10-18-19(12-14)11-13-5-2-1-3-6-13;/h1-3,5-6,10,12H,4,7-9,11,16H2,(H,17,20);1H. The summed E-state index contributed by atoms with van der Waals surface area (Å²) in [6, 6.07) is 10.1. The van der Waals surface area contributed by atoms with Crippen LogP contribution in [0.1, 0.15) is 24.0 Å². The molecule has 21 heavy (non-hydrogen) atoms. The highest BCUT2D eigenvalue weighted by Gasteiger charge is 2.03. The molecule has 1 aromatic carbocycles. The molecule has 0 unspecified atom stereocenters. The Bertz CT molecular complexity index is 542. The maximum absolute atomic E-state index is 11.5. The van der Waals surface area contributed by atoms with Gasteiger partial charge in [0.05, 0.1) is 12.7 Å². The molecule has 0 radical (unpaired) electrons. The quantitative estimate of drug-likeness (QED) is 0.818. The molecule has 0 saturated carbocycles. The van der Waals surface area contributed by atoms with Crippen LogP contribution in [0.15, 0.2) is 42.7 Å². The van der Waals surface area contributed by atoms with E-state index >= 15 is 0 Å². The number of nitrogens with zero attached hydrogens (tertiary/aromatic N) is 2. The van der Waals surface area contributed by atoms with Crippen molar-refractivity contribution in [3.05, 3.63) is 53.9 Å². The normalized spacial score (nSPS) is 9.95. The minimum atomic E-state index is 0. The molecule has 0 aliphatic heterocycles. The first-order valence-corrected chi connectivity index (χ1v) is 6.80. The fourth-order valence-corrected chi connectivity index (χ4v) is 1.91. The highest BCUT2D eigenvalue weighted by molar-refractivity contribution is 5.85. The molecule has 0 aliphatic carbocycles. The molecule has 5 nitrogen and oxygen atoms in total. The summed E-state index contributed by atoms with van der Waals surface area (Å²) in [5, 5.41) is 7.16. The average Bonchev–Trinajstić information content (AvgIpc) is 2.91. The minimum Gasteiger partial charge on any atom is -0.352 e. The van der Waals surface area contributed by atoms with Crippen LogP contribution < -0.4 is 11.1 Å². The molecule has 0 atom stereocenters. The fraction of sp³-hybridized carbons (Fsp3) is 0.333. The third kappa shape index (κ3) is 5.97. The molecule has 6 heteroatoms. The first-order valence-electron chi connectivity index (χ1n) is 6.80. The van der Waals surface area contributed by atoms with Gasteiger partial charge >= 0.3 is 0 Å². The molecule has 2 rings (SSSR count). The first kappa shape index (κ1) is 17.2. The Hall–Kier alpha value is -1.85. The van der Waals surface area contributed by atoms with Crippen molar-refractivity contribution < 1.29 is 4.79 Å². The zero-order valence-electron chi connectivity index (χ0n) is 11.9. The maximum atomic E-state index is 11.5. The van der Waals surface area contributed by atoms with Crippen LogP contribution in [0.2, 0.25) is 0 Å². The van der Waals surface area contributed by atoms with Crippen LogP contribution in [-0.4, -0.2) is 22.2 Å². The van der Waals surface area contributed by atoms with Gasteiger partial charge in [0, 0.05) is 24.7 Å². The van der Waals surface area contributed by atoms with E-state index in [0.717, 1.165) is 18.5 Å². The van der Waals surface area contributed by atoms with E-state index in [1.165, 1.54) is 5.56 Å². The Morgan fingerprint density at radius 2 is 2.00 bits per heavy atom. The zero-order valence-corrected chi connectivity index (χ0v) is 12.7. The van der Waals surface area contributed by atoms with Crippen molar-refractivity contribution in [2.24, 2.45) is 5.73 Å². The van der Waals surface area contributed by atoms with Crippen molar-refractivity contribution >= 4 is 18.3 Å². The Kier molecular flexibility index (Phi) is 7.50. The van der Waals surface area contributed by atoms with Gasteiger partial charge in [-0.1, -0.05) is 30.3 Å². The molecule has 1 heterocycles. The highest BCUT2D eigenvalue weighted by Crippen LogP contribution is 2.04. The molecule has 2 aromatic rings. The maximum Gasteiger partial charge on any atom is 0.220 e. The Balaban J connectivity index is 0.00000220. The van der Waals surface area contributed by atoms with Crippen LogP contribution >= 0.6 is 12.4 Å². The fourth-order valence-electron chi connectivity index (χ4n) is 1.91. The van der Waals surface area contributed by atoms with Gasteiger partial charge in [0.25, 0.3) is 0 Å². The highest BCUT2D eigenvalue weighted by atomic mass is 35.5. The Labute approximate surface area is 130 Å². The average molecular weight is 309 g/mol. The van der Waals surface area contributed by atoms with E-state index in [1.54, 1.807) is 6.20 Å². The van der Waals surface area contributed by atoms with Crippen LogP contribution in [-0.2, 0) is 17.9 Å². The van der Waals surface area contributed by atoms with Gasteiger partial charge in [-0.15, -0.1) is 12.4 Å². The van der Waals surface area contributed by atoms with E-state index in [-0.39, 0.29) is 18.3 Å². The second-order valence-corrected chi connectivity index (χ2v) is 4.70. The Morgan fingerprint density at radius 1 is 1.24 bits per heavy atom. The van der Waals surface area contributed by atoms with Gasteiger partial charge in [0.2, 0.25) is 5.91 Å². The molecule has 0 bridgehead atoms. The van der Waals surface area contributed by atoms with Gasteiger partial charge in [0.15, 0.2) is 0 Å². The number of carbonyl (C=O) groups is 1. The lowest BCUT2D eigenvalue weighted by molar-refractivity contribution is -0.121. The van der Waals surface area contributed by atoms with Crippen LogP contribution in [0.25, 0.3) is 0 Å². The summed E-state index contributed by atoms with van der Waals surface area (Å²) < 4.78 is 1.87. The third-order valence-electron chi connectivity index (χ3n) is 2.97. The van der Waals surface area contributed by atoms with Gasteiger partial charge in [-0.25, -0.2) is 0 Å². The summed E-state index contributed by atoms with van der Waals surface area (Å²) in [5.41, 5.74) is 7.57. The first-order chi connectivity index (χ1) is 9.78. The molecule has 0 aliphatic rings. The van der Waals surface area contributed by atoms with Crippen molar-refractivity contribution in [1.29, 1.82) is 0 Å². The van der Waals surface area contributed by atoms with E-state index < -0.39 is 0 Å². The lowest BCUT2D eigenvalue weighted by Crippen LogP contribution is -2.23. The van der Waals surface area contributed by atoms with Crippen molar-refractivity contribution in [2.45, 2.75) is 25.9 Å². The van der Waals surface area contributed by atoms with Crippen molar-refractivity contribution in [3.63, 3.8) is 0 Å². The predicted molar refractivity (Wildman–Crippen MR) is 85.2 cm³/mol. The third-order valence-corrected chi connectivity index (χ3v) is 2.97. The minimum absolute atomic E-state index is 0. The number of hydrogen-bond acceptors (Lipinski definition) is 3. The molecule has 0 saturated heterocycles. The summed E-state index contributed by atoms with van der Waals surface area (Å²) >= 11 is 0. The summed E-state index contributed by atoms with van der Waals surface area (Å²) in [6.07, 6.45) is 4.94. The number of nitrogens with two attached hydrogens (primary N) is 1. The summed E-state index contributed by atoms with van der Waals surface area (Å²) in [5.74, 6) is 0.0336. The number of hydrogen-bond donors (Lipinski definition) is 2. The number of rotatable bonds is 7. The van der Waals surface area contributed by atoms with Crippen LogP contribution in [0.3, 0.4) is 0 Å². The molecule has 114 valence electrons. The van der Waals surface area contributed by atoms with E-state index in [0.29, 0.717) is 19.5 Å². The van der Waals surface area contributed by atoms with E-state index in [4.69, 9.17) is 5.73 Å². The summed E-state index contributed by atoms with van der Waals surface area (Å²) in [6.45, 7) is 1.79. The van der Waals surface area contributed by atoms with Gasteiger partial charge in [-0.3, -0.25) is 9.48 Å².